The van der Waals surface area contributed by atoms with Crippen molar-refractivity contribution in [2.24, 2.45) is 0 Å². The van der Waals surface area contributed by atoms with Gasteiger partial charge in [-0.1, -0.05) is 54.1 Å². The second-order valence-electron chi connectivity index (χ2n) is 6.35. The molecular formula is C19H23ClN2O3S. The molecule has 2 aromatic rings. The lowest BCUT2D eigenvalue weighted by Crippen LogP contribution is -2.38. The number of sulfone groups is 1. The molecule has 2 amide bonds. The monoisotopic (exact) mass is 394 g/mol. The average Bonchev–Trinajstić information content (AvgIpc) is 2.58. The highest BCUT2D eigenvalue weighted by Gasteiger charge is 2.19. The molecule has 0 fully saturated rings. The quantitative estimate of drug-likeness (QED) is 0.810. The minimum atomic E-state index is -3.05. The van der Waals surface area contributed by atoms with Gasteiger partial charge in [-0.15, -0.1) is 0 Å². The normalized spacial score (nSPS) is 12.5. The number of hydrogen-bond acceptors (Lipinski definition) is 3. The number of urea groups is 1. The van der Waals surface area contributed by atoms with Crippen molar-refractivity contribution in [1.29, 1.82) is 0 Å². The van der Waals surface area contributed by atoms with Crippen molar-refractivity contribution in [3.05, 3.63) is 70.2 Å². The van der Waals surface area contributed by atoms with Crippen LogP contribution in [0.3, 0.4) is 0 Å². The van der Waals surface area contributed by atoms with E-state index in [0.29, 0.717) is 11.6 Å². The van der Waals surface area contributed by atoms with E-state index in [0.717, 1.165) is 16.7 Å². The number of carbonyl (C=O) groups is 1. The van der Waals surface area contributed by atoms with E-state index in [1.54, 1.807) is 30.1 Å². The lowest BCUT2D eigenvalue weighted by atomic mass is 10.1. The predicted octanol–water partition coefficient (Wildman–Crippen LogP) is 3.79. The number of hydrogen-bond donors (Lipinski definition) is 1. The van der Waals surface area contributed by atoms with Gasteiger partial charge >= 0.3 is 6.03 Å². The van der Waals surface area contributed by atoms with Crippen molar-refractivity contribution in [3.8, 4) is 0 Å². The molecule has 7 heteroatoms. The fourth-order valence-electron chi connectivity index (χ4n) is 2.56. The fourth-order valence-corrected chi connectivity index (χ4v) is 3.65. The summed E-state index contributed by atoms with van der Waals surface area (Å²) in [4.78, 5) is 14.0. The second-order valence-corrected chi connectivity index (χ2v) is 8.90. The molecule has 0 saturated heterocycles. The van der Waals surface area contributed by atoms with E-state index in [9.17, 15) is 13.2 Å². The highest BCUT2D eigenvalue weighted by atomic mass is 35.5. The van der Waals surface area contributed by atoms with E-state index in [1.165, 1.54) is 6.26 Å². The second kappa shape index (κ2) is 8.56. The van der Waals surface area contributed by atoms with E-state index in [2.05, 4.69) is 5.32 Å². The Bertz CT molecular complexity index is 867. The summed E-state index contributed by atoms with van der Waals surface area (Å²) >= 11 is 6.20. The van der Waals surface area contributed by atoms with Crippen LogP contribution in [-0.4, -0.2) is 32.7 Å². The summed E-state index contributed by atoms with van der Waals surface area (Å²) in [6.07, 6.45) is 1.21. The number of rotatable bonds is 6. The Balaban J connectivity index is 1.94. The highest BCUT2D eigenvalue weighted by Crippen LogP contribution is 2.26. The topological polar surface area (TPSA) is 66.5 Å². The Morgan fingerprint density at radius 2 is 1.69 bits per heavy atom. The Morgan fingerprint density at radius 3 is 2.27 bits per heavy atom. The van der Waals surface area contributed by atoms with Crippen molar-refractivity contribution in [2.75, 3.05) is 13.3 Å². The van der Waals surface area contributed by atoms with Crippen LogP contribution >= 0.6 is 11.6 Å². The third kappa shape index (κ3) is 5.75. The molecule has 1 atom stereocenters. The minimum absolute atomic E-state index is 0.0116. The van der Waals surface area contributed by atoms with Crippen molar-refractivity contribution < 1.29 is 13.2 Å². The minimum Gasteiger partial charge on any atom is -0.334 e. The van der Waals surface area contributed by atoms with Gasteiger partial charge in [0, 0.05) is 24.9 Å². The maximum atomic E-state index is 12.4. The first kappa shape index (κ1) is 20.3. The van der Waals surface area contributed by atoms with Gasteiger partial charge in [-0.2, -0.15) is 0 Å². The first-order valence-electron chi connectivity index (χ1n) is 8.18. The lowest BCUT2D eigenvalue weighted by molar-refractivity contribution is 0.194. The summed E-state index contributed by atoms with van der Waals surface area (Å²) in [6, 6.07) is 14.2. The van der Waals surface area contributed by atoms with Gasteiger partial charge in [0.1, 0.15) is 0 Å². The van der Waals surface area contributed by atoms with E-state index in [1.807, 2.05) is 37.3 Å². The number of amides is 2. The van der Waals surface area contributed by atoms with Crippen LogP contribution in [0.4, 0.5) is 4.79 Å². The molecule has 0 radical (unpaired) electrons. The Morgan fingerprint density at radius 1 is 1.12 bits per heavy atom. The van der Waals surface area contributed by atoms with Gasteiger partial charge in [0.2, 0.25) is 0 Å². The van der Waals surface area contributed by atoms with Crippen LogP contribution in [0.25, 0.3) is 0 Å². The van der Waals surface area contributed by atoms with E-state index in [4.69, 9.17) is 11.6 Å². The van der Waals surface area contributed by atoms with Crippen molar-refractivity contribution in [1.82, 2.24) is 10.2 Å². The van der Waals surface area contributed by atoms with Gasteiger partial charge in [0.15, 0.2) is 9.84 Å². The van der Waals surface area contributed by atoms with Gasteiger partial charge in [-0.05, 0) is 29.7 Å². The Hall–Kier alpha value is -2.05. The van der Waals surface area contributed by atoms with Gasteiger partial charge in [0.25, 0.3) is 0 Å². The zero-order chi connectivity index (χ0) is 19.3. The SMILES string of the molecule is CC(c1ccccc1Cl)N(C)C(=O)NCc1ccc(CS(C)(=O)=O)cc1. The van der Waals surface area contributed by atoms with Crippen LogP contribution in [0.15, 0.2) is 48.5 Å². The zero-order valence-corrected chi connectivity index (χ0v) is 16.6. The standard InChI is InChI=1S/C19H23ClN2O3S/c1-14(17-6-4-5-7-18(17)20)22(2)19(23)21-12-15-8-10-16(11-9-15)13-26(3,24)25/h4-11,14H,12-13H2,1-3H3,(H,21,23). The highest BCUT2D eigenvalue weighted by molar-refractivity contribution is 7.89. The number of carbonyl (C=O) groups excluding carboxylic acids is 1. The number of nitrogens with one attached hydrogen (secondary N) is 1. The number of halogens is 1. The van der Waals surface area contributed by atoms with Gasteiger partial charge < -0.3 is 10.2 Å². The smallest absolute Gasteiger partial charge is 0.317 e. The molecule has 0 aromatic heterocycles. The molecule has 1 unspecified atom stereocenters. The maximum Gasteiger partial charge on any atom is 0.317 e. The third-order valence-electron chi connectivity index (χ3n) is 4.15. The van der Waals surface area contributed by atoms with Crippen LogP contribution in [0.5, 0.6) is 0 Å². The Labute approximate surface area is 159 Å². The summed E-state index contributed by atoms with van der Waals surface area (Å²) in [5.41, 5.74) is 2.51. The van der Waals surface area contributed by atoms with Crippen LogP contribution in [0.2, 0.25) is 5.02 Å². The van der Waals surface area contributed by atoms with Crippen molar-refractivity contribution in [2.45, 2.75) is 25.3 Å². The van der Waals surface area contributed by atoms with E-state index < -0.39 is 9.84 Å². The average molecular weight is 395 g/mol. The lowest BCUT2D eigenvalue weighted by Gasteiger charge is -2.26. The van der Waals surface area contributed by atoms with Crippen LogP contribution in [0.1, 0.15) is 29.7 Å². The van der Waals surface area contributed by atoms with Gasteiger partial charge in [-0.25, -0.2) is 13.2 Å². The summed E-state index contributed by atoms with van der Waals surface area (Å²) in [6.45, 7) is 2.28. The van der Waals surface area contributed by atoms with Gasteiger partial charge in [0.05, 0.1) is 11.8 Å². The van der Waals surface area contributed by atoms with Crippen LogP contribution in [-0.2, 0) is 22.1 Å². The largest absolute Gasteiger partial charge is 0.334 e. The summed E-state index contributed by atoms with van der Waals surface area (Å²) in [7, 11) is -1.33. The number of benzene rings is 2. The molecule has 0 saturated carbocycles. The summed E-state index contributed by atoms with van der Waals surface area (Å²) in [5, 5.41) is 3.49. The molecule has 0 spiro atoms. The molecule has 2 rings (SSSR count). The number of nitrogens with zero attached hydrogens (tertiary/aromatic N) is 1. The van der Waals surface area contributed by atoms with Crippen molar-refractivity contribution in [3.63, 3.8) is 0 Å². The van der Waals surface area contributed by atoms with Crippen LogP contribution < -0.4 is 5.32 Å². The fraction of sp³-hybridized carbons (Fsp3) is 0.316. The first-order chi connectivity index (χ1) is 12.2. The predicted molar refractivity (Wildman–Crippen MR) is 105 cm³/mol. The molecule has 5 nitrogen and oxygen atoms in total. The van der Waals surface area contributed by atoms with Gasteiger partial charge in [-0.3, -0.25) is 0 Å². The molecule has 26 heavy (non-hydrogen) atoms. The molecule has 0 aliphatic rings. The van der Waals surface area contributed by atoms with Crippen molar-refractivity contribution >= 4 is 27.5 Å². The molecular weight excluding hydrogens is 372 g/mol. The molecule has 0 aliphatic heterocycles. The molecule has 0 heterocycles. The Kier molecular flexibility index (Phi) is 6.67. The molecule has 0 bridgehead atoms. The molecule has 2 aromatic carbocycles. The summed E-state index contributed by atoms with van der Waals surface area (Å²) < 4.78 is 22.6. The van der Waals surface area contributed by atoms with E-state index in [-0.39, 0.29) is 17.8 Å². The summed E-state index contributed by atoms with van der Waals surface area (Å²) in [5.74, 6) is 0.0116. The molecule has 0 aliphatic carbocycles. The zero-order valence-electron chi connectivity index (χ0n) is 15.1. The first-order valence-corrected chi connectivity index (χ1v) is 10.6. The van der Waals surface area contributed by atoms with Crippen LogP contribution in [0, 0.1) is 0 Å². The van der Waals surface area contributed by atoms with E-state index >= 15 is 0 Å². The molecule has 140 valence electrons. The maximum absolute atomic E-state index is 12.4. The third-order valence-corrected chi connectivity index (χ3v) is 5.35. The molecule has 1 N–H and O–H groups in total.